The van der Waals surface area contributed by atoms with Crippen LogP contribution in [-0.2, 0) is 22.9 Å². The second-order valence-electron chi connectivity index (χ2n) is 5.89. The van der Waals surface area contributed by atoms with Crippen LogP contribution in [0.5, 0.6) is 5.75 Å². The Labute approximate surface area is 166 Å². The number of anilines is 1. The largest absolute Gasteiger partial charge is 0.495 e. The fraction of sp³-hybridized carbons (Fsp3) is 0.158. The van der Waals surface area contributed by atoms with Gasteiger partial charge in [0.25, 0.3) is 10.0 Å². The van der Waals surface area contributed by atoms with Crippen LogP contribution in [0.25, 0.3) is 0 Å². The van der Waals surface area contributed by atoms with Crippen molar-refractivity contribution in [1.82, 2.24) is 4.98 Å². The molecule has 0 fully saturated rings. The number of aryl methyl sites for hydroxylation is 2. The number of rotatable bonds is 8. The minimum atomic E-state index is -3.92. The average Bonchev–Trinajstić information content (AvgIpc) is 3.17. The highest BCUT2D eigenvalue weighted by Crippen LogP contribution is 2.28. The maximum Gasteiger partial charge on any atom is 0.335 e. The number of hydrogen-bond acceptors (Lipinski definition) is 6. The number of carboxylic acid groups (broad SMARTS) is 1. The number of nitrogens with zero attached hydrogens (tertiary/aromatic N) is 1. The molecule has 0 spiro atoms. The summed E-state index contributed by atoms with van der Waals surface area (Å²) in [6.07, 6.45) is 1.41. The Bertz CT molecular complexity index is 1080. The van der Waals surface area contributed by atoms with Crippen molar-refractivity contribution in [3.63, 3.8) is 0 Å². The summed E-state index contributed by atoms with van der Waals surface area (Å²) in [5.74, 6) is -1.02. The third-order valence-electron chi connectivity index (χ3n) is 3.97. The van der Waals surface area contributed by atoms with Crippen molar-refractivity contribution in [3.05, 3.63) is 70.0 Å². The number of carboxylic acids is 1. The Kier molecular flexibility index (Phi) is 5.96. The first kappa shape index (κ1) is 19.8. The van der Waals surface area contributed by atoms with Crippen molar-refractivity contribution in [2.75, 3.05) is 11.8 Å². The van der Waals surface area contributed by atoms with Gasteiger partial charge in [-0.2, -0.15) is 8.42 Å². The van der Waals surface area contributed by atoms with Gasteiger partial charge in [0.2, 0.25) is 0 Å². The molecule has 146 valence electrons. The topological polar surface area (TPSA) is 106 Å². The molecule has 7 nitrogen and oxygen atoms in total. The van der Waals surface area contributed by atoms with Crippen molar-refractivity contribution in [3.8, 4) is 5.75 Å². The van der Waals surface area contributed by atoms with E-state index >= 15 is 0 Å². The van der Waals surface area contributed by atoms with E-state index in [-0.39, 0.29) is 22.0 Å². The highest BCUT2D eigenvalue weighted by Gasteiger charge is 2.21. The first-order chi connectivity index (χ1) is 13.4. The lowest BCUT2D eigenvalue weighted by Gasteiger charge is -2.11. The highest BCUT2D eigenvalue weighted by molar-refractivity contribution is 7.92. The molecule has 0 aliphatic carbocycles. The molecule has 0 saturated carbocycles. The zero-order valence-corrected chi connectivity index (χ0v) is 16.6. The summed E-state index contributed by atoms with van der Waals surface area (Å²) in [5.41, 5.74) is 1.30. The van der Waals surface area contributed by atoms with E-state index in [1.807, 2.05) is 30.3 Å². The van der Waals surface area contributed by atoms with Gasteiger partial charge in [-0.15, -0.1) is 11.3 Å². The number of thiazole rings is 1. The van der Waals surface area contributed by atoms with Crippen LogP contribution in [0.2, 0.25) is 0 Å². The predicted molar refractivity (Wildman–Crippen MR) is 107 cm³/mol. The van der Waals surface area contributed by atoms with Crippen LogP contribution >= 0.6 is 11.3 Å². The molecule has 28 heavy (non-hydrogen) atoms. The summed E-state index contributed by atoms with van der Waals surface area (Å²) in [6, 6.07) is 13.8. The summed E-state index contributed by atoms with van der Waals surface area (Å²) < 4.78 is 32.8. The zero-order valence-electron chi connectivity index (χ0n) is 15.0. The number of nitrogens with one attached hydrogen (secondary N) is 1. The lowest BCUT2D eigenvalue weighted by atomic mass is 10.1. The van der Waals surface area contributed by atoms with Crippen LogP contribution in [0.3, 0.4) is 0 Å². The predicted octanol–water partition coefficient (Wildman–Crippen LogP) is 3.44. The fourth-order valence-electron chi connectivity index (χ4n) is 2.53. The molecule has 1 aromatic heterocycles. The van der Waals surface area contributed by atoms with Crippen LogP contribution < -0.4 is 9.46 Å². The van der Waals surface area contributed by atoms with Gasteiger partial charge in [0.15, 0.2) is 5.03 Å². The van der Waals surface area contributed by atoms with Gasteiger partial charge in [-0.05, 0) is 30.2 Å². The highest BCUT2D eigenvalue weighted by atomic mass is 32.2. The van der Waals surface area contributed by atoms with Crippen LogP contribution in [0.4, 0.5) is 5.69 Å². The number of ether oxygens (including phenoxy) is 1. The van der Waals surface area contributed by atoms with Crippen molar-refractivity contribution < 1.29 is 23.1 Å². The van der Waals surface area contributed by atoms with E-state index in [1.165, 1.54) is 42.0 Å². The van der Waals surface area contributed by atoms with E-state index in [2.05, 4.69) is 9.71 Å². The van der Waals surface area contributed by atoms with E-state index in [1.54, 1.807) is 0 Å². The third-order valence-corrected chi connectivity index (χ3v) is 6.28. The Morgan fingerprint density at radius 2 is 1.93 bits per heavy atom. The molecule has 3 aromatic rings. The third kappa shape index (κ3) is 4.68. The molecule has 0 bridgehead atoms. The molecule has 0 saturated heterocycles. The Morgan fingerprint density at radius 1 is 1.18 bits per heavy atom. The zero-order chi connectivity index (χ0) is 20.1. The van der Waals surface area contributed by atoms with E-state index in [4.69, 9.17) is 9.84 Å². The average molecular weight is 418 g/mol. The van der Waals surface area contributed by atoms with Crippen molar-refractivity contribution in [1.29, 1.82) is 0 Å². The molecule has 1 heterocycles. The smallest absolute Gasteiger partial charge is 0.335 e. The van der Waals surface area contributed by atoms with Gasteiger partial charge in [-0.1, -0.05) is 30.3 Å². The second-order valence-corrected chi connectivity index (χ2v) is 8.46. The monoisotopic (exact) mass is 418 g/mol. The first-order valence-corrected chi connectivity index (χ1v) is 10.7. The van der Waals surface area contributed by atoms with Gasteiger partial charge < -0.3 is 9.84 Å². The van der Waals surface area contributed by atoms with Crippen LogP contribution in [-0.4, -0.2) is 31.6 Å². The standard InChI is InChI=1S/C19H18N2O5S2/c1-26-16-11-14(19(22)23)8-9-15(16)21-28(24,25)18-12-27-17(20-18)10-7-13-5-3-2-4-6-13/h2-6,8-9,11-12,21H,7,10H2,1H3,(H,22,23). The lowest BCUT2D eigenvalue weighted by Crippen LogP contribution is -2.14. The Balaban J connectivity index is 1.75. The van der Waals surface area contributed by atoms with Crippen molar-refractivity contribution in [2.24, 2.45) is 0 Å². The molecule has 2 N–H and O–H groups in total. The molecular weight excluding hydrogens is 400 g/mol. The van der Waals surface area contributed by atoms with Crippen molar-refractivity contribution in [2.45, 2.75) is 17.9 Å². The summed E-state index contributed by atoms with van der Waals surface area (Å²) >= 11 is 1.28. The first-order valence-electron chi connectivity index (χ1n) is 8.31. The number of aromatic carboxylic acids is 1. The summed E-state index contributed by atoms with van der Waals surface area (Å²) in [5, 5.41) is 11.2. The van der Waals surface area contributed by atoms with E-state index < -0.39 is 16.0 Å². The summed E-state index contributed by atoms with van der Waals surface area (Å²) in [6.45, 7) is 0. The van der Waals surface area contributed by atoms with E-state index in [0.29, 0.717) is 6.42 Å². The number of sulfonamides is 1. The number of hydrogen-bond donors (Lipinski definition) is 2. The fourth-order valence-corrected chi connectivity index (χ4v) is 4.70. The molecule has 9 heteroatoms. The number of methoxy groups -OCH3 is 1. The molecular formula is C19H18N2O5S2. The van der Waals surface area contributed by atoms with Gasteiger partial charge in [0.05, 0.1) is 23.4 Å². The van der Waals surface area contributed by atoms with E-state index in [9.17, 15) is 13.2 Å². The Morgan fingerprint density at radius 3 is 2.61 bits per heavy atom. The molecule has 0 aliphatic heterocycles. The summed E-state index contributed by atoms with van der Waals surface area (Å²) in [4.78, 5) is 15.3. The minimum absolute atomic E-state index is 0.00310. The van der Waals surface area contributed by atoms with Gasteiger partial charge in [0, 0.05) is 11.8 Å². The van der Waals surface area contributed by atoms with E-state index in [0.717, 1.165) is 17.0 Å². The minimum Gasteiger partial charge on any atom is -0.495 e. The van der Waals surface area contributed by atoms with Crippen LogP contribution in [0, 0.1) is 0 Å². The van der Waals surface area contributed by atoms with Gasteiger partial charge in [0.1, 0.15) is 5.75 Å². The van der Waals surface area contributed by atoms with Gasteiger partial charge in [-0.25, -0.2) is 9.78 Å². The van der Waals surface area contributed by atoms with Gasteiger partial charge >= 0.3 is 5.97 Å². The van der Waals surface area contributed by atoms with Gasteiger partial charge in [-0.3, -0.25) is 4.72 Å². The molecule has 0 aliphatic rings. The van der Waals surface area contributed by atoms with Crippen LogP contribution in [0.1, 0.15) is 20.9 Å². The molecule has 2 aromatic carbocycles. The van der Waals surface area contributed by atoms with Crippen molar-refractivity contribution >= 4 is 33.0 Å². The lowest BCUT2D eigenvalue weighted by molar-refractivity contribution is 0.0696. The molecule has 3 rings (SSSR count). The second kappa shape index (κ2) is 8.41. The SMILES string of the molecule is COc1cc(C(=O)O)ccc1NS(=O)(=O)c1csc(CCc2ccccc2)n1. The molecule has 0 amide bonds. The Hall–Kier alpha value is -2.91. The number of benzene rings is 2. The quantitative estimate of drug-likeness (QED) is 0.581. The number of carbonyl (C=O) groups is 1. The number of aromatic nitrogens is 1. The van der Waals surface area contributed by atoms with Crippen LogP contribution in [0.15, 0.2) is 58.9 Å². The maximum absolute atomic E-state index is 12.6. The molecule has 0 radical (unpaired) electrons. The molecule has 0 atom stereocenters. The normalized spacial score (nSPS) is 11.2. The maximum atomic E-state index is 12.6. The molecule has 0 unspecified atom stereocenters. The summed E-state index contributed by atoms with van der Waals surface area (Å²) in [7, 11) is -2.58.